The normalized spacial score (nSPS) is 15.5. The van der Waals surface area contributed by atoms with Crippen molar-refractivity contribution >= 4 is 33.8 Å². The van der Waals surface area contributed by atoms with Crippen LogP contribution in [-0.2, 0) is 4.79 Å². The number of carbonyl (C=O) groups excluding carboxylic acids is 1. The fourth-order valence-electron chi connectivity index (χ4n) is 5.54. The van der Waals surface area contributed by atoms with Gasteiger partial charge in [0.1, 0.15) is 17.2 Å². The Balaban J connectivity index is 1.31. The van der Waals surface area contributed by atoms with Crippen molar-refractivity contribution in [3.63, 3.8) is 0 Å². The summed E-state index contributed by atoms with van der Waals surface area (Å²) in [6.07, 6.45) is 7.25. The highest BCUT2D eigenvalue weighted by Crippen LogP contribution is 2.47. The molecule has 3 N–H and O–H groups in total. The summed E-state index contributed by atoms with van der Waals surface area (Å²) in [4.78, 5) is 29.5. The number of anilines is 1. The van der Waals surface area contributed by atoms with Crippen LogP contribution in [0.15, 0.2) is 85.6 Å². The number of hydrogen-bond acceptors (Lipinski definition) is 5. The van der Waals surface area contributed by atoms with Gasteiger partial charge in [0, 0.05) is 41.1 Å². The fourth-order valence-corrected chi connectivity index (χ4v) is 5.54. The molecule has 2 aliphatic rings. The number of rotatable bonds is 6. The molecule has 1 aliphatic carbocycles. The Morgan fingerprint density at radius 2 is 1.80 bits per heavy atom. The number of nitrogens with zero attached hydrogens (tertiary/aromatic N) is 3. The molecule has 0 spiro atoms. The second-order valence-electron chi connectivity index (χ2n) is 10.9. The van der Waals surface area contributed by atoms with Gasteiger partial charge >= 0.3 is 0 Å². The van der Waals surface area contributed by atoms with E-state index in [1.807, 2.05) is 26.0 Å². The second kappa shape index (κ2) is 9.52. The van der Waals surface area contributed by atoms with Crippen molar-refractivity contribution in [2.75, 3.05) is 5.32 Å². The van der Waals surface area contributed by atoms with Crippen LogP contribution in [0.2, 0.25) is 0 Å². The number of H-pyrrole nitrogens is 1. The quantitative estimate of drug-likeness (QED) is 0.211. The van der Waals surface area contributed by atoms with Crippen LogP contribution in [0.5, 0.6) is 0 Å². The molecule has 202 valence electrons. The third kappa shape index (κ3) is 4.37. The maximum atomic E-state index is 14.7. The van der Waals surface area contributed by atoms with Crippen LogP contribution in [0.3, 0.4) is 0 Å². The van der Waals surface area contributed by atoms with Gasteiger partial charge in [0.05, 0.1) is 35.3 Å². The maximum absolute atomic E-state index is 14.7. The van der Waals surface area contributed by atoms with Crippen LogP contribution in [-0.4, -0.2) is 31.9 Å². The molecule has 1 atom stereocenters. The minimum absolute atomic E-state index is 0.0345. The number of halogens is 1. The molecular formula is C33H27FN6O. The minimum atomic E-state index is -0.322. The number of aromatic amines is 1. The monoisotopic (exact) mass is 542 g/mol. The van der Waals surface area contributed by atoms with Gasteiger partial charge in [0.2, 0.25) is 5.91 Å². The number of carbonyl (C=O) groups is 1. The summed E-state index contributed by atoms with van der Waals surface area (Å²) in [5.41, 5.74) is 9.97. The molecule has 8 heteroatoms. The summed E-state index contributed by atoms with van der Waals surface area (Å²) in [5, 5.41) is 6.42. The zero-order valence-corrected chi connectivity index (χ0v) is 22.6. The summed E-state index contributed by atoms with van der Waals surface area (Å²) >= 11 is 0. The van der Waals surface area contributed by atoms with Crippen LogP contribution < -0.4 is 10.6 Å². The summed E-state index contributed by atoms with van der Waals surface area (Å²) in [6.45, 7) is 8.37. The third-order valence-corrected chi connectivity index (χ3v) is 7.50. The lowest BCUT2D eigenvalue weighted by atomic mass is 9.85. The van der Waals surface area contributed by atoms with Gasteiger partial charge in [0.25, 0.3) is 0 Å². The molecule has 41 heavy (non-hydrogen) atoms. The lowest BCUT2D eigenvalue weighted by Crippen LogP contribution is -2.14. The van der Waals surface area contributed by atoms with Gasteiger partial charge in [-0.15, -0.1) is 0 Å². The van der Waals surface area contributed by atoms with Crippen LogP contribution in [0.4, 0.5) is 10.1 Å². The van der Waals surface area contributed by atoms with E-state index in [-0.39, 0.29) is 23.7 Å². The second-order valence-corrected chi connectivity index (χ2v) is 10.9. The number of amides is 1. The van der Waals surface area contributed by atoms with E-state index in [0.29, 0.717) is 34.6 Å². The Morgan fingerprint density at radius 3 is 2.63 bits per heavy atom. The topological polar surface area (TPSA) is 106 Å². The largest absolute Gasteiger partial charge is 0.374 e. The molecular weight excluding hydrogens is 515 g/mol. The number of fused-ring (bicyclic) bond motifs is 3. The number of benzene rings is 2. The first-order valence-electron chi connectivity index (χ1n) is 13.6. The molecule has 5 aromatic rings. The van der Waals surface area contributed by atoms with E-state index in [1.165, 1.54) is 6.07 Å². The Bertz CT molecular complexity index is 1920. The van der Waals surface area contributed by atoms with Gasteiger partial charge in [-0.05, 0) is 46.4 Å². The van der Waals surface area contributed by atoms with Crippen molar-refractivity contribution in [3.8, 4) is 22.3 Å². The average Bonchev–Trinajstić information content (AvgIpc) is 3.63. The lowest BCUT2D eigenvalue weighted by molar-refractivity contribution is -0.116. The minimum Gasteiger partial charge on any atom is -0.374 e. The molecule has 1 unspecified atom stereocenters. The highest BCUT2D eigenvalue weighted by molar-refractivity contribution is 6.01. The van der Waals surface area contributed by atoms with Crippen LogP contribution in [0.1, 0.15) is 37.2 Å². The third-order valence-electron chi connectivity index (χ3n) is 7.50. The first-order chi connectivity index (χ1) is 19.9. The van der Waals surface area contributed by atoms with E-state index >= 15 is 0 Å². The van der Waals surface area contributed by atoms with Gasteiger partial charge in [-0.1, -0.05) is 50.8 Å². The molecule has 0 radical (unpaired) electrons. The van der Waals surface area contributed by atoms with Crippen LogP contribution >= 0.6 is 0 Å². The number of nitrogens with one attached hydrogen (secondary N) is 3. The Kier molecular flexibility index (Phi) is 5.78. The van der Waals surface area contributed by atoms with E-state index in [4.69, 9.17) is 4.98 Å². The smallest absolute Gasteiger partial charge is 0.224 e. The molecule has 7 nitrogen and oxygen atoms in total. The lowest BCUT2D eigenvalue weighted by Gasteiger charge is -2.18. The average molecular weight is 543 g/mol. The van der Waals surface area contributed by atoms with Gasteiger partial charge in [-0.25, -0.2) is 9.37 Å². The van der Waals surface area contributed by atoms with Crippen LogP contribution in [0.25, 0.3) is 44.4 Å². The number of imidazole rings is 1. The van der Waals surface area contributed by atoms with E-state index in [1.54, 1.807) is 43.0 Å². The summed E-state index contributed by atoms with van der Waals surface area (Å²) < 4.78 is 14.7. The van der Waals surface area contributed by atoms with E-state index < -0.39 is 0 Å². The predicted molar refractivity (Wildman–Crippen MR) is 159 cm³/mol. The fraction of sp³-hybridized carbons (Fsp3) is 0.152. The first-order valence-corrected chi connectivity index (χ1v) is 13.6. The van der Waals surface area contributed by atoms with Gasteiger partial charge < -0.3 is 15.6 Å². The van der Waals surface area contributed by atoms with E-state index in [0.717, 1.165) is 44.6 Å². The molecule has 2 aromatic carbocycles. The standard InChI is InChI=1S/C33H27FN6O/c1-17(2)10-28(41)37-21-11-20(13-35-14-21)19-8-9-22-18(3)30-32(39-30)29(24(22)12-19)33-38-27-16-36-15-25(31(27)40-33)23-6-4-5-7-26(23)34/h4-9,11-17,30,39H,3,10H2,1-2H3,(H,37,41)(H,38,40). The Hall–Kier alpha value is -5.11. The predicted octanol–water partition coefficient (Wildman–Crippen LogP) is 6.57. The van der Waals surface area contributed by atoms with Crippen molar-refractivity contribution in [2.24, 2.45) is 5.92 Å². The number of pyridine rings is 2. The Morgan fingerprint density at radius 1 is 0.976 bits per heavy atom. The van der Waals surface area contributed by atoms with Crippen molar-refractivity contribution in [3.05, 3.63) is 108 Å². The van der Waals surface area contributed by atoms with Crippen LogP contribution in [0, 0.1) is 11.7 Å². The highest BCUT2D eigenvalue weighted by Gasteiger charge is 2.42. The van der Waals surface area contributed by atoms with Gasteiger partial charge in [-0.3, -0.25) is 14.8 Å². The first kappa shape index (κ1) is 24.9. The zero-order valence-electron chi connectivity index (χ0n) is 22.6. The maximum Gasteiger partial charge on any atom is 0.224 e. The van der Waals surface area contributed by atoms with Gasteiger partial charge in [-0.2, -0.15) is 0 Å². The SMILES string of the molecule is C=C1c2ccc(-c3cncc(NC(=O)CC(C)C)c3)cc2C(c2nc3c(-c4ccccc4F)cncc3[nH]2)=C2NC12. The zero-order chi connectivity index (χ0) is 28.2. The summed E-state index contributed by atoms with van der Waals surface area (Å²) in [7, 11) is 0. The summed E-state index contributed by atoms with van der Waals surface area (Å²) in [6, 6.07) is 14.9. The van der Waals surface area contributed by atoms with Crippen molar-refractivity contribution in [1.82, 2.24) is 25.3 Å². The Labute approximate surface area is 236 Å². The van der Waals surface area contributed by atoms with Gasteiger partial charge in [0.15, 0.2) is 0 Å². The van der Waals surface area contributed by atoms with Crippen molar-refractivity contribution in [1.29, 1.82) is 0 Å². The molecule has 1 aliphatic heterocycles. The molecule has 1 fully saturated rings. The number of aromatic nitrogens is 4. The van der Waals surface area contributed by atoms with Crippen molar-refractivity contribution < 1.29 is 9.18 Å². The molecule has 3 aromatic heterocycles. The molecule has 1 saturated heterocycles. The molecule has 7 rings (SSSR count). The van der Waals surface area contributed by atoms with E-state index in [9.17, 15) is 9.18 Å². The number of hydrogen-bond donors (Lipinski definition) is 3. The van der Waals surface area contributed by atoms with E-state index in [2.05, 4.69) is 44.3 Å². The molecule has 0 saturated carbocycles. The molecule has 0 bridgehead atoms. The van der Waals surface area contributed by atoms with Crippen molar-refractivity contribution in [2.45, 2.75) is 26.3 Å². The molecule has 4 heterocycles. The summed E-state index contributed by atoms with van der Waals surface area (Å²) in [5.74, 6) is 0.586. The highest BCUT2D eigenvalue weighted by atomic mass is 19.1. The molecule has 1 amide bonds.